The highest BCUT2D eigenvalue weighted by Crippen LogP contribution is 2.11. The van der Waals surface area contributed by atoms with Crippen molar-refractivity contribution in [3.05, 3.63) is 29.7 Å². The molecule has 114 valence electrons. The van der Waals surface area contributed by atoms with Crippen LogP contribution >= 0.6 is 12.4 Å². The summed E-state index contributed by atoms with van der Waals surface area (Å²) in [5, 5.41) is 10.5. The van der Waals surface area contributed by atoms with E-state index in [4.69, 9.17) is 0 Å². The van der Waals surface area contributed by atoms with Crippen molar-refractivity contribution >= 4 is 24.0 Å². The minimum absolute atomic E-state index is 0. The molecule has 6 nitrogen and oxygen atoms in total. The minimum Gasteiger partial charge on any atom is -0.352 e. The van der Waals surface area contributed by atoms with E-state index in [1.807, 2.05) is 19.2 Å². The molecule has 2 N–H and O–H groups in total. The van der Waals surface area contributed by atoms with E-state index in [1.165, 1.54) is 12.8 Å². The van der Waals surface area contributed by atoms with Gasteiger partial charge in [-0.3, -0.25) is 4.79 Å². The summed E-state index contributed by atoms with van der Waals surface area (Å²) in [6.45, 7) is 4.67. The zero-order valence-corrected chi connectivity index (χ0v) is 12.8. The van der Waals surface area contributed by atoms with Gasteiger partial charge in [-0.1, -0.05) is 0 Å². The minimum atomic E-state index is -0.0938. The Balaban J connectivity index is 0.00000161. The van der Waals surface area contributed by atoms with E-state index in [1.54, 1.807) is 10.7 Å². The lowest BCUT2D eigenvalue weighted by Gasteiger charge is -2.22. The van der Waals surface area contributed by atoms with Crippen molar-refractivity contribution in [1.29, 1.82) is 0 Å². The van der Waals surface area contributed by atoms with E-state index in [0.29, 0.717) is 23.7 Å². The second-order valence-electron chi connectivity index (χ2n) is 5.32. The van der Waals surface area contributed by atoms with Crippen molar-refractivity contribution in [3.8, 4) is 0 Å². The van der Waals surface area contributed by atoms with Crippen molar-refractivity contribution in [1.82, 2.24) is 25.2 Å². The Bertz CT molecular complexity index is 621. The number of piperidine rings is 1. The van der Waals surface area contributed by atoms with E-state index < -0.39 is 0 Å². The van der Waals surface area contributed by atoms with Gasteiger partial charge in [0.25, 0.3) is 5.91 Å². The molecule has 1 aliphatic rings. The van der Waals surface area contributed by atoms with Crippen molar-refractivity contribution in [2.45, 2.75) is 19.8 Å². The Kier molecular flexibility index (Phi) is 5.14. The SMILES string of the molecule is Cc1ccn2ncc(C(=O)NCC3CCCNC3)c2n1.Cl. The summed E-state index contributed by atoms with van der Waals surface area (Å²) in [7, 11) is 0. The number of aromatic nitrogens is 3. The molecule has 7 heteroatoms. The molecule has 2 aromatic rings. The first-order valence-corrected chi connectivity index (χ1v) is 7.04. The molecule has 3 heterocycles. The van der Waals surface area contributed by atoms with E-state index in [0.717, 1.165) is 18.8 Å². The fourth-order valence-electron chi connectivity index (χ4n) is 2.55. The Labute approximate surface area is 129 Å². The van der Waals surface area contributed by atoms with E-state index in [9.17, 15) is 4.79 Å². The van der Waals surface area contributed by atoms with E-state index in [-0.39, 0.29) is 18.3 Å². The number of carbonyl (C=O) groups is 1. The molecule has 1 unspecified atom stereocenters. The molecule has 21 heavy (non-hydrogen) atoms. The fourth-order valence-corrected chi connectivity index (χ4v) is 2.55. The first-order chi connectivity index (χ1) is 9.74. The average Bonchev–Trinajstić information content (AvgIpc) is 2.89. The van der Waals surface area contributed by atoms with Crippen LogP contribution in [0.15, 0.2) is 18.5 Å². The van der Waals surface area contributed by atoms with Gasteiger partial charge in [0, 0.05) is 18.4 Å². The maximum Gasteiger partial charge on any atom is 0.256 e. The van der Waals surface area contributed by atoms with Crippen LogP contribution in [-0.4, -0.2) is 40.1 Å². The van der Waals surface area contributed by atoms with Crippen molar-refractivity contribution in [2.75, 3.05) is 19.6 Å². The number of nitrogens with one attached hydrogen (secondary N) is 2. The lowest BCUT2D eigenvalue weighted by molar-refractivity contribution is 0.0946. The van der Waals surface area contributed by atoms with Crippen molar-refractivity contribution in [3.63, 3.8) is 0 Å². The summed E-state index contributed by atoms with van der Waals surface area (Å²) in [5.41, 5.74) is 2.03. The molecular weight excluding hydrogens is 290 g/mol. The third-order valence-electron chi connectivity index (χ3n) is 3.70. The second-order valence-corrected chi connectivity index (χ2v) is 5.32. The largest absolute Gasteiger partial charge is 0.352 e. The molecule has 3 rings (SSSR count). The van der Waals surface area contributed by atoms with Gasteiger partial charge < -0.3 is 10.6 Å². The van der Waals surface area contributed by atoms with E-state index in [2.05, 4.69) is 20.7 Å². The molecule has 1 saturated heterocycles. The first-order valence-electron chi connectivity index (χ1n) is 7.04. The normalized spacial score (nSPS) is 18.2. The molecule has 0 spiro atoms. The third-order valence-corrected chi connectivity index (χ3v) is 3.70. The number of nitrogens with zero attached hydrogens (tertiary/aromatic N) is 3. The molecule has 0 aliphatic carbocycles. The van der Waals surface area contributed by atoms with Crippen LogP contribution in [0.2, 0.25) is 0 Å². The highest BCUT2D eigenvalue weighted by Gasteiger charge is 2.17. The molecule has 1 aliphatic heterocycles. The summed E-state index contributed by atoms with van der Waals surface area (Å²) in [4.78, 5) is 16.6. The third kappa shape index (κ3) is 3.51. The van der Waals surface area contributed by atoms with E-state index >= 15 is 0 Å². The maximum atomic E-state index is 12.2. The predicted octanol–water partition coefficient (Wildman–Crippen LogP) is 1.19. The second kappa shape index (κ2) is 6.87. The molecule has 1 atom stereocenters. The van der Waals surface area contributed by atoms with Gasteiger partial charge in [0.05, 0.1) is 6.20 Å². The zero-order chi connectivity index (χ0) is 13.9. The van der Waals surface area contributed by atoms with Gasteiger partial charge >= 0.3 is 0 Å². The van der Waals surface area contributed by atoms with Crippen LogP contribution in [-0.2, 0) is 0 Å². The predicted molar refractivity (Wildman–Crippen MR) is 82.9 cm³/mol. The number of hydrogen-bond acceptors (Lipinski definition) is 4. The summed E-state index contributed by atoms with van der Waals surface area (Å²) in [6.07, 6.45) is 5.74. The van der Waals surface area contributed by atoms with Gasteiger partial charge in [-0.25, -0.2) is 9.50 Å². The van der Waals surface area contributed by atoms with Crippen LogP contribution in [0.4, 0.5) is 0 Å². The molecule has 0 radical (unpaired) electrons. The summed E-state index contributed by atoms with van der Waals surface area (Å²) >= 11 is 0. The quantitative estimate of drug-likeness (QED) is 0.893. The van der Waals surface area contributed by atoms with Crippen molar-refractivity contribution in [2.24, 2.45) is 5.92 Å². The number of aryl methyl sites for hydroxylation is 1. The Hall–Kier alpha value is -1.66. The highest BCUT2D eigenvalue weighted by atomic mass is 35.5. The van der Waals surface area contributed by atoms with Gasteiger partial charge in [0.2, 0.25) is 0 Å². The summed E-state index contributed by atoms with van der Waals surface area (Å²) in [5.74, 6) is 0.424. The monoisotopic (exact) mass is 309 g/mol. The lowest BCUT2D eigenvalue weighted by Crippen LogP contribution is -2.38. The molecule has 0 bridgehead atoms. The van der Waals surface area contributed by atoms with Gasteiger partial charge in [0.1, 0.15) is 5.56 Å². The average molecular weight is 310 g/mol. The number of carbonyl (C=O) groups excluding carboxylic acids is 1. The highest BCUT2D eigenvalue weighted by molar-refractivity contribution is 5.99. The smallest absolute Gasteiger partial charge is 0.256 e. The fraction of sp³-hybridized carbons (Fsp3) is 0.500. The van der Waals surface area contributed by atoms with Crippen LogP contribution in [0.1, 0.15) is 28.9 Å². The number of hydrogen-bond donors (Lipinski definition) is 2. The van der Waals surface area contributed by atoms with Crippen LogP contribution in [0.5, 0.6) is 0 Å². The number of halogens is 1. The zero-order valence-electron chi connectivity index (χ0n) is 12.0. The van der Waals surface area contributed by atoms with Gasteiger partial charge in [-0.15, -0.1) is 12.4 Å². The summed E-state index contributed by atoms with van der Waals surface area (Å²) in [6, 6.07) is 1.87. The molecule has 1 fully saturated rings. The number of fused-ring (bicyclic) bond motifs is 1. The molecule has 0 aromatic carbocycles. The van der Waals surface area contributed by atoms with Crippen molar-refractivity contribution < 1.29 is 4.79 Å². The van der Waals surface area contributed by atoms with Crippen LogP contribution in [0, 0.1) is 12.8 Å². The molecular formula is C14H20ClN5O. The Morgan fingerprint density at radius 1 is 1.57 bits per heavy atom. The maximum absolute atomic E-state index is 12.2. The number of amides is 1. The van der Waals surface area contributed by atoms with Gasteiger partial charge in [-0.05, 0) is 44.8 Å². The lowest BCUT2D eigenvalue weighted by atomic mass is 10.00. The summed E-state index contributed by atoms with van der Waals surface area (Å²) < 4.78 is 1.63. The number of rotatable bonds is 3. The van der Waals surface area contributed by atoms with Crippen LogP contribution in [0.25, 0.3) is 5.65 Å². The topological polar surface area (TPSA) is 71.3 Å². The first kappa shape index (κ1) is 15.7. The van der Waals surface area contributed by atoms with Gasteiger partial charge in [0.15, 0.2) is 5.65 Å². The Morgan fingerprint density at radius 3 is 3.19 bits per heavy atom. The Morgan fingerprint density at radius 2 is 2.43 bits per heavy atom. The van der Waals surface area contributed by atoms with Crippen LogP contribution < -0.4 is 10.6 Å². The van der Waals surface area contributed by atoms with Crippen LogP contribution in [0.3, 0.4) is 0 Å². The molecule has 2 aromatic heterocycles. The standard InChI is InChI=1S/C14H19N5O.ClH/c1-10-4-6-19-13(18-10)12(9-17-19)14(20)16-8-11-3-2-5-15-7-11;/h4,6,9,11,15H,2-3,5,7-8H2,1H3,(H,16,20);1H. The molecule has 0 saturated carbocycles. The van der Waals surface area contributed by atoms with Gasteiger partial charge in [-0.2, -0.15) is 5.10 Å². The molecule has 1 amide bonds.